The van der Waals surface area contributed by atoms with Gasteiger partial charge in [-0.2, -0.15) is 11.8 Å². The summed E-state index contributed by atoms with van der Waals surface area (Å²) in [7, 11) is 0. The summed E-state index contributed by atoms with van der Waals surface area (Å²) in [5.41, 5.74) is 2.79. The molecular weight excluding hydrogens is 453 g/mol. The minimum absolute atomic E-state index is 0.113. The molecule has 6 heteroatoms. The highest BCUT2D eigenvalue weighted by molar-refractivity contribution is 9.10. The molecule has 0 saturated heterocycles. The molecule has 1 amide bonds. The lowest BCUT2D eigenvalue weighted by Gasteiger charge is -2.07. The Kier molecular flexibility index (Phi) is 6.02. The van der Waals surface area contributed by atoms with Gasteiger partial charge in [-0.3, -0.25) is 4.79 Å². The number of carbonyl (C=O) groups is 1. The third-order valence-corrected chi connectivity index (χ3v) is 5.97. The van der Waals surface area contributed by atoms with E-state index in [2.05, 4.69) is 33.4 Å². The molecule has 0 unspecified atom stereocenters. The molecule has 0 fully saturated rings. The summed E-state index contributed by atoms with van der Waals surface area (Å²) < 4.78 is 20.6. The van der Waals surface area contributed by atoms with E-state index in [-0.39, 0.29) is 11.4 Å². The fourth-order valence-electron chi connectivity index (χ4n) is 3.04. The van der Waals surface area contributed by atoms with Gasteiger partial charge in [0.15, 0.2) is 5.76 Å². The van der Waals surface area contributed by atoms with E-state index in [1.54, 1.807) is 17.8 Å². The smallest absolute Gasteiger partial charge is 0.291 e. The molecule has 0 bridgehead atoms. The number of nitrogens with one attached hydrogen (secondary N) is 1. The highest BCUT2D eigenvalue weighted by Gasteiger charge is 2.21. The second-order valence-corrected chi connectivity index (χ2v) is 8.36. The van der Waals surface area contributed by atoms with Gasteiger partial charge in [0, 0.05) is 26.9 Å². The number of rotatable bonds is 6. The number of para-hydroxylation sites is 1. The van der Waals surface area contributed by atoms with Crippen LogP contribution in [0.1, 0.15) is 21.7 Å². The average Bonchev–Trinajstić information content (AvgIpc) is 3.10. The zero-order valence-corrected chi connectivity index (χ0v) is 17.7. The predicted octanol–water partition coefficient (Wildman–Crippen LogP) is 7.02. The summed E-state index contributed by atoms with van der Waals surface area (Å²) in [6.45, 7) is 0. The zero-order valence-electron chi connectivity index (χ0n) is 15.3. The first-order valence-electron chi connectivity index (χ1n) is 9.00. The maximum atomic E-state index is 14.1. The largest absolute Gasteiger partial charge is 0.451 e. The first kappa shape index (κ1) is 19.7. The van der Waals surface area contributed by atoms with Crippen molar-refractivity contribution in [2.45, 2.75) is 11.5 Å². The van der Waals surface area contributed by atoms with Gasteiger partial charge in [0.05, 0.1) is 5.69 Å². The van der Waals surface area contributed by atoms with Crippen molar-refractivity contribution < 1.29 is 13.6 Å². The minimum Gasteiger partial charge on any atom is -0.451 e. The molecule has 1 aromatic heterocycles. The Bertz CT molecular complexity index is 1160. The molecule has 0 radical (unpaired) electrons. The number of amides is 1. The van der Waals surface area contributed by atoms with Crippen molar-refractivity contribution in [3.05, 3.63) is 100.0 Å². The van der Waals surface area contributed by atoms with E-state index in [9.17, 15) is 9.18 Å². The van der Waals surface area contributed by atoms with Crippen LogP contribution in [-0.2, 0) is 11.5 Å². The number of benzene rings is 3. The van der Waals surface area contributed by atoms with Gasteiger partial charge in [-0.1, -0.05) is 64.5 Å². The van der Waals surface area contributed by atoms with Gasteiger partial charge in [0.25, 0.3) is 5.91 Å². The van der Waals surface area contributed by atoms with Crippen LogP contribution in [0.5, 0.6) is 0 Å². The summed E-state index contributed by atoms with van der Waals surface area (Å²) in [4.78, 5) is 12.9. The summed E-state index contributed by atoms with van der Waals surface area (Å²) in [5.74, 6) is 0.677. The van der Waals surface area contributed by atoms with Gasteiger partial charge in [-0.05, 0) is 29.8 Å². The lowest BCUT2D eigenvalue weighted by atomic mass is 10.1. The molecule has 1 heterocycles. The van der Waals surface area contributed by atoms with Gasteiger partial charge >= 0.3 is 0 Å². The van der Waals surface area contributed by atoms with Crippen molar-refractivity contribution in [2.24, 2.45) is 0 Å². The first-order chi connectivity index (χ1) is 14.1. The van der Waals surface area contributed by atoms with E-state index in [1.165, 1.54) is 17.7 Å². The van der Waals surface area contributed by atoms with Crippen LogP contribution in [-0.4, -0.2) is 5.91 Å². The van der Waals surface area contributed by atoms with Crippen LogP contribution >= 0.6 is 27.7 Å². The Hall–Kier alpha value is -2.57. The normalized spacial score (nSPS) is 11.0. The van der Waals surface area contributed by atoms with Crippen molar-refractivity contribution in [1.82, 2.24) is 0 Å². The van der Waals surface area contributed by atoms with E-state index in [1.807, 2.05) is 42.5 Å². The molecule has 0 saturated carbocycles. The SMILES string of the molecule is O=C(Nc1ccc(Br)cc1F)c1oc2ccccc2c1CSCc1ccccc1. The quantitative estimate of drug-likeness (QED) is 0.329. The Morgan fingerprint density at radius 1 is 1.00 bits per heavy atom. The van der Waals surface area contributed by atoms with Crippen LogP contribution in [0.25, 0.3) is 11.0 Å². The van der Waals surface area contributed by atoms with Gasteiger partial charge in [-0.25, -0.2) is 4.39 Å². The number of thioether (sulfide) groups is 1. The van der Waals surface area contributed by atoms with Gasteiger partial charge in [-0.15, -0.1) is 0 Å². The topological polar surface area (TPSA) is 42.2 Å². The molecule has 0 spiro atoms. The second kappa shape index (κ2) is 8.84. The fourth-order valence-corrected chi connectivity index (χ4v) is 4.39. The van der Waals surface area contributed by atoms with Crippen molar-refractivity contribution in [2.75, 3.05) is 5.32 Å². The Balaban J connectivity index is 1.59. The first-order valence-corrected chi connectivity index (χ1v) is 10.9. The molecule has 1 N–H and O–H groups in total. The molecule has 0 aliphatic rings. The lowest BCUT2D eigenvalue weighted by Crippen LogP contribution is -2.13. The predicted molar refractivity (Wildman–Crippen MR) is 120 cm³/mol. The van der Waals surface area contributed by atoms with Crippen LogP contribution in [0.3, 0.4) is 0 Å². The summed E-state index contributed by atoms with van der Waals surface area (Å²) in [6, 6.07) is 22.2. The number of hydrogen-bond donors (Lipinski definition) is 1. The summed E-state index contributed by atoms with van der Waals surface area (Å²) in [6.07, 6.45) is 0. The van der Waals surface area contributed by atoms with Gasteiger partial charge < -0.3 is 9.73 Å². The molecule has 4 rings (SSSR count). The Morgan fingerprint density at radius 3 is 2.55 bits per heavy atom. The number of anilines is 1. The minimum atomic E-state index is -0.510. The number of halogens is 2. The third kappa shape index (κ3) is 4.54. The number of furan rings is 1. The molecule has 4 aromatic rings. The molecule has 29 heavy (non-hydrogen) atoms. The van der Waals surface area contributed by atoms with E-state index >= 15 is 0 Å². The summed E-state index contributed by atoms with van der Waals surface area (Å²) >= 11 is 4.92. The van der Waals surface area contributed by atoms with E-state index in [4.69, 9.17) is 4.42 Å². The van der Waals surface area contributed by atoms with Crippen molar-refractivity contribution >= 4 is 50.3 Å². The molecule has 146 valence electrons. The number of carbonyl (C=O) groups excluding carboxylic acids is 1. The van der Waals surface area contributed by atoms with Crippen LogP contribution < -0.4 is 5.32 Å². The molecule has 0 aliphatic heterocycles. The fraction of sp³-hybridized carbons (Fsp3) is 0.0870. The molecule has 3 nitrogen and oxygen atoms in total. The zero-order chi connectivity index (χ0) is 20.2. The van der Waals surface area contributed by atoms with Crippen molar-refractivity contribution in [3.8, 4) is 0 Å². The maximum Gasteiger partial charge on any atom is 0.291 e. The monoisotopic (exact) mass is 469 g/mol. The van der Waals surface area contributed by atoms with Crippen molar-refractivity contribution in [1.29, 1.82) is 0 Å². The highest BCUT2D eigenvalue weighted by Crippen LogP contribution is 2.31. The van der Waals surface area contributed by atoms with E-state index < -0.39 is 11.7 Å². The highest BCUT2D eigenvalue weighted by atomic mass is 79.9. The number of hydrogen-bond acceptors (Lipinski definition) is 3. The Labute approximate surface area is 180 Å². The molecule has 3 aromatic carbocycles. The van der Waals surface area contributed by atoms with Crippen molar-refractivity contribution in [3.63, 3.8) is 0 Å². The number of fused-ring (bicyclic) bond motifs is 1. The van der Waals surface area contributed by atoms with Crippen LogP contribution in [0.4, 0.5) is 10.1 Å². The Morgan fingerprint density at radius 2 is 1.76 bits per heavy atom. The van der Waals surface area contributed by atoms with Crippen LogP contribution in [0.2, 0.25) is 0 Å². The second-order valence-electron chi connectivity index (χ2n) is 6.46. The standard InChI is InChI=1S/C23H17BrFNO2S/c24-16-10-11-20(19(25)12-16)26-23(27)22-18(17-8-4-5-9-21(17)28-22)14-29-13-15-6-2-1-3-7-15/h1-12H,13-14H2,(H,26,27). The maximum absolute atomic E-state index is 14.1. The van der Waals surface area contributed by atoms with Crippen LogP contribution in [0.15, 0.2) is 81.7 Å². The van der Waals surface area contributed by atoms with E-state index in [0.29, 0.717) is 15.8 Å². The molecule has 0 aliphatic carbocycles. The van der Waals surface area contributed by atoms with Crippen LogP contribution in [0, 0.1) is 5.82 Å². The molecule has 0 atom stereocenters. The van der Waals surface area contributed by atoms with E-state index in [0.717, 1.165) is 16.7 Å². The summed E-state index contributed by atoms with van der Waals surface area (Å²) in [5, 5.41) is 3.52. The van der Waals surface area contributed by atoms with Gasteiger partial charge in [0.1, 0.15) is 11.4 Å². The molecular formula is C23H17BrFNO2S. The van der Waals surface area contributed by atoms with Gasteiger partial charge in [0.2, 0.25) is 0 Å². The third-order valence-electron chi connectivity index (χ3n) is 4.44. The average molecular weight is 470 g/mol. The lowest BCUT2D eigenvalue weighted by molar-refractivity contribution is 0.0997.